The molecule has 0 spiro atoms. The predicted octanol–water partition coefficient (Wildman–Crippen LogP) is -0.450. The Morgan fingerprint density at radius 1 is 1.21 bits per heavy atom. The van der Waals surface area contributed by atoms with Gasteiger partial charge in [0.2, 0.25) is 11.8 Å². The lowest BCUT2D eigenvalue weighted by Gasteiger charge is -2.33. The van der Waals surface area contributed by atoms with Crippen LogP contribution in [0.25, 0.3) is 0 Å². The van der Waals surface area contributed by atoms with E-state index in [2.05, 4.69) is 30.8 Å². The fourth-order valence-corrected chi connectivity index (χ4v) is 2.94. The molecule has 2 aliphatic heterocycles. The Labute approximate surface area is 139 Å². The molecule has 0 aliphatic carbocycles. The second-order valence-electron chi connectivity index (χ2n) is 5.95. The number of carbonyl (C=O) groups is 3. The molecule has 0 unspecified atom stereocenters. The number of carbonyl (C=O) groups excluding carboxylic acids is 3. The van der Waals surface area contributed by atoms with E-state index in [1.165, 1.54) is 0 Å². The Kier molecular flexibility index (Phi) is 4.88. The van der Waals surface area contributed by atoms with Crippen LogP contribution < -0.4 is 20.9 Å². The van der Waals surface area contributed by atoms with Crippen molar-refractivity contribution in [1.29, 1.82) is 0 Å². The molecule has 2 fully saturated rings. The van der Waals surface area contributed by atoms with E-state index in [4.69, 9.17) is 0 Å². The molecule has 3 N–H and O–H groups in total. The largest absolute Gasteiger partial charge is 0.355 e. The SMILES string of the molecule is O=C1CC[C@H](C(=O)NC2CCN(c3cnccn3)CC2)NC(=O)N1. The average molecular weight is 332 g/mol. The topological polar surface area (TPSA) is 116 Å². The van der Waals surface area contributed by atoms with Crippen LogP contribution in [0.15, 0.2) is 18.6 Å². The molecule has 128 valence electrons. The van der Waals surface area contributed by atoms with E-state index >= 15 is 0 Å². The van der Waals surface area contributed by atoms with Gasteiger partial charge in [0.15, 0.2) is 0 Å². The minimum Gasteiger partial charge on any atom is -0.355 e. The molecular formula is C15H20N6O3. The van der Waals surface area contributed by atoms with Crippen molar-refractivity contribution < 1.29 is 14.4 Å². The van der Waals surface area contributed by atoms with Crippen molar-refractivity contribution in [3.63, 3.8) is 0 Å². The molecule has 0 radical (unpaired) electrons. The zero-order valence-electron chi connectivity index (χ0n) is 13.2. The van der Waals surface area contributed by atoms with E-state index in [0.717, 1.165) is 31.7 Å². The first-order valence-electron chi connectivity index (χ1n) is 8.03. The van der Waals surface area contributed by atoms with E-state index in [1.807, 2.05) is 0 Å². The van der Waals surface area contributed by atoms with Gasteiger partial charge < -0.3 is 15.5 Å². The summed E-state index contributed by atoms with van der Waals surface area (Å²) in [6, 6.07) is -1.24. The molecule has 9 heteroatoms. The van der Waals surface area contributed by atoms with Crippen LogP contribution in [0.3, 0.4) is 0 Å². The lowest BCUT2D eigenvalue weighted by Crippen LogP contribution is -2.52. The van der Waals surface area contributed by atoms with Crippen LogP contribution in [0.5, 0.6) is 0 Å². The number of nitrogens with zero attached hydrogens (tertiary/aromatic N) is 3. The Morgan fingerprint density at radius 2 is 2.00 bits per heavy atom. The summed E-state index contributed by atoms with van der Waals surface area (Å²) in [4.78, 5) is 45.6. The van der Waals surface area contributed by atoms with Gasteiger partial charge in [-0.1, -0.05) is 0 Å². The zero-order chi connectivity index (χ0) is 16.9. The molecule has 1 atom stereocenters. The Bertz CT molecular complexity index is 615. The second kappa shape index (κ2) is 7.24. The van der Waals surface area contributed by atoms with Gasteiger partial charge in [-0.2, -0.15) is 0 Å². The molecule has 3 rings (SSSR count). The number of anilines is 1. The second-order valence-corrected chi connectivity index (χ2v) is 5.95. The maximum Gasteiger partial charge on any atom is 0.322 e. The van der Waals surface area contributed by atoms with Crippen molar-refractivity contribution in [1.82, 2.24) is 25.9 Å². The van der Waals surface area contributed by atoms with Gasteiger partial charge in [-0.25, -0.2) is 9.78 Å². The van der Waals surface area contributed by atoms with Crippen molar-refractivity contribution in [3.05, 3.63) is 18.6 Å². The van der Waals surface area contributed by atoms with E-state index in [-0.39, 0.29) is 24.3 Å². The average Bonchev–Trinajstić information content (AvgIpc) is 2.76. The van der Waals surface area contributed by atoms with Gasteiger partial charge in [-0.3, -0.25) is 19.9 Å². The molecule has 9 nitrogen and oxygen atoms in total. The Balaban J connectivity index is 1.49. The fourth-order valence-electron chi connectivity index (χ4n) is 2.94. The number of amides is 4. The van der Waals surface area contributed by atoms with Crippen molar-refractivity contribution >= 4 is 23.7 Å². The lowest BCUT2D eigenvalue weighted by atomic mass is 10.0. The van der Waals surface area contributed by atoms with Crippen LogP contribution in [0.4, 0.5) is 10.6 Å². The summed E-state index contributed by atoms with van der Waals surface area (Å²) >= 11 is 0. The van der Waals surface area contributed by atoms with E-state index in [9.17, 15) is 14.4 Å². The van der Waals surface area contributed by atoms with Crippen molar-refractivity contribution in [3.8, 4) is 0 Å². The van der Waals surface area contributed by atoms with Gasteiger partial charge in [-0.15, -0.1) is 0 Å². The number of urea groups is 1. The summed E-state index contributed by atoms with van der Waals surface area (Å²) in [5, 5.41) is 7.66. The molecule has 1 aromatic heterocycles. The van der Waals surface area contributed by atoms with Gasteiger partial charge in [0.25, 0.3) is 0 Å². The number of imide groups is 1. The number of rotatable bonds is 3. The molecule has 0 saturated carbocycles. The summed E-state index contributed by atoms with van der Waals surface area (Å²) in [5.74, 6) is 0.237. The molecule has 0 bridgehead atoms. The summed E-state index contributed by atoms with van der Waals surface area (Å²) in [6.45, 7) is 1.56. The third-order valence-electron chi connectivity index (χ3n) is 4.25. The monoisotopic (exact) mass is 332 g/mol. The number of nitrogens with one attached hydrogen (secondary N) is 3. The van der Waals surface area contributed by atoms with Gasteiger partial charge in [0.1, 0.15) is 11.9 Å². The standard InChI is InChI=1S/C15H20N6O3/c22-13-2-1-11(19-15(24)20-13)14(23)18-10-3-7-21(8-4-10)12-9-16-5-6-17-12/h5-6,9-11H,1-4,7-8H2,(H,18,23)(H2,19,20,22,24)/t11-/m1/s1. The van der Waals surface area contributed by atoms with Crippen LogP contribution in [0.1, 0.15) is 25.7 Å². The lowest BCUT2D eigenvalue weighted by molar-refractivity contribution is -0.124. The maximum atomic E-state index is 12.3. The minimum atomic E-state index is -0.672. The highest BCUT2D eigenvalue weighted by molar-refractivity contribution is 5.98. The Morgan fingerprint density at radius 3 is 2.71 bits per heavy atom. The summed E-state index contributed by atoms with van der Waals surface area (Å²) in [5.41, 5.74) is 0. The maximum absolute atomic E-state index is 12.3. The van der Waals surface area contributed by atoms with Crippen LogP contribution in [0.2, 0.25) is 0 Å². The normalized spacial score (nSPS) is 22.3. The molecule has 0 aromatic carbocycles. The van der Waals surface area contributed by atoms with Gasteiger partial charge in [-0.05, 0) is 19.3 Å². The highest BCUT2D eigenvalue weighted by atomic mass is 16.2. The molecule has 24 heavy (non-hydrogen) atoms. The van der Waals surface area contributed by atoms with Crippen LogP contribution in [-0.2, 0) is 9.59 Å². The fraction of sp³-hybridized carbons (Fsp3) is 0.533. The van der Waals surface area contributed by atoms with Crippen LogP contribution in [0, 0.1) is 0 Å². The van der Waals surface area contributed by atoms with Crippen molar-refractivity contribution in [2.45, 2.75) is 37.8 Å². The zero-order valence-corrected chi connectivity index (χ0v) is 13.2. The van der Waals surface area contributed by atoms with E-state index < -0.39 is 12.1 Å². The minimum absolute atomic E-state index is 0.0502. The van der Waals surface area contributed by atoms with Crippen LogP contribution in [-0.4, -0.2) is 53.0 Å². The number of piperidine rings is 1. The molecular weight excluding hydrogens is 312 g/mol. The summed E-state index contributed by atoms with van der Waals surface area (Å²) in [6.07, 6.45) is 7.07. The highest BCUT2D eigenvalue weighted by Gasteiger charge is 2.28. The van der Waals surface area contributed by atoms with E-state index in [1.54, 1.807) is 18.6 Å². The van der Waals surface area contributed by atoms with E-state index in [0.29, 0.717) is 6.42 Å². The molecule has 4 amide bonds. The first-order chi connectivity index (χ1) is 11.6. The quantitative estimate of drug-likeness (QED) is 0.690. The smallest absolute Gasteiger partial charge is 0.322 e. The molecule has 2 aliphatic rings. The molecule has 3 heterocycles. The third-order valence-corrected chi connectivity index (χ3v) is 4.25. The number of hydrogen-bond acceptors (Lipinski definition) is 6. The Hall–Kier alpha value is -2.71. The van der Waals surface area contributed by atoms with Crippen molar-refractivity contribution in [2.24, 2.45) is 0 Å². The number of aromatic nitrogens is 2. The number of hydrogen-bond donors (Lipinski definition) is 3. The molecule has 2 saturated heterocycles. The van der Waals surface area contributed by atoms with Crippen molar-refractivity contribution in [2.75, 3.05) is 18.0 Å². The van der Waals surface area contributed by atoms with Gasteiger partial charge >= 0.3 is 6.03 Å². The van der Waals surface area contributed by atoms with Crippen LogP contribution >= 0.6 is 0 Å². The summed E-state index contributed by atoms with van der Waals surface area (Å²) in [7, 11) is 0. The van der Waals surface area contributed by atoms with Gasteiger partial charge in [0.05, 0.1) is 6.20 Å². The third kappa shape index (κ3) is 3.98. The predicted molar refractivity (Wildman–Crippen MR) is 85.1 cm³/mol. The highest BCUT2D eigenvalue weighted by Crippen LogP contribution is 2.16. The summed E-state index contributed by atoms with van der Waals surface area (Å²) < 4.78 is 0. The first-order valence-corrected chi connectivity index (χ1v) is 8.03. The van der Waals surface area contributed by atoms with Gasteiger partial charge in [0, 0.05) is 37.9 Å². The molecule has 1 aromatic rings. The first kappa shape index (κ1) is 16.2.